The fourth-order valence-electron chi connectivity index (χ4n) is 1.72. The maximum atomic E-state index is 5.78. The van der Waals surface area contributed by atoms with E-state index in [1.54, 1.807) is 0 Å². The van der Waals surface area contributed by atoms with E-state index in [9.17, 15) is 0 Å². The smallest absolute Gasteiger partial charge is 0.123 e. The Morgan fingerprint density at radius 2 is 2.33 bits per heavy atom. The monoisotopic (exact) mass is 203 g/mol. The first-order chi connectivity index (χ1) is 7.33. The molecule has 0 atom stereocenters. The van der Waals surface area contributed by atoms with Crippen molar-refractivity contribution < 1.29 is 4.74 Å². The number of hydrogen-bond donors (Lipinski definition) is 1. The van der Waals surface area contributed by atoms with E-state index in [1.807, 2.05) is 36.1 Å². The van der Waals surface area contributed by atoms with Gasteiger partial charge >= 0.3 is 0 Å². The summed E-state index contributed by atoms with van der Waals surface area (Å²) in [4.78, 5) is 4.27. The number of aromatic nitrogens is 2. The second-order valence-electron chi connectivity index (χ2n) is 3.90. The summed E-state index contributed by atoms with van der Waals surface area (Å²) in [6, 6.07) is 6.02. The van der Waals surface area contributed by atoms with Crippen LogP contribution in [-0.2, 0) is 7.05 Å². The van der Waals surface area contributed by atoms with Crippen molar-refractivity contribution in [3.63, 3.8) is 0 Å². The van der Waals surface area contributed by atoms with Gasteiger partial charge in [0, 0.05) is 26.2 Å². The molecule has 0 unspecified atom stereocenters. The van der Waals surface area contributed by atoms with E-state index in [2.05, 4.69) is 10.3 Å². The van der Waals surface area contributed by atoms with Gasteiger partial charge in [0.25, 0.3) is 0 Å². The Labute approximate surface area is 87.9 Å². The zero-order valence-electron chi connectivity index (χ0n) is 8.60. The van der Waals surface area contributed by atoms with Crippen LogP contribution in [0, 0.1) is 0 Å². The molecule has 0 amide bonds. The molecule has 0 aliphatic carbocycles. The Kier molecular flexibility index (Phi) is 1.89. The van der Waals surface area contributed by atoms with Crippen LogP contribution in [0.5, 0.6) is 5.75 Å². The Morgan fingerprint density at radius 3 is 3.07 bits per heavy atom. The second-order valence-corrected chi connectivity index (χ2v) is 3.90. The molecule has 1 aromatic carbocycles. The highest BCUT2D eigenvalue weighted by Gasteiger charge is 2.18. The van der Waals surface area contributed by atoms with Crippen LogP contribution in [-0.4, -0.2) is 28.7 Å². The summed E-state index contributed by atoms with van der Waals surface area (Å²) in [5, 5.41) is 3.18. The summed E-state index contributed by atoms with van der Waals surface area (Å²) in [6.45, 7) is 1.90. The number of fused-ring (bicyclic) bond motifs is 1. The van der Waals surface area contributed by atoms with E-state index >= 15 is 0 Å². The molecule has 0 saturated carbocycles. The van der Waals surface area contributed by atoms with Crippen LogP contribution < -0.4 is 10.1 Å². The van der Waals surface area contributed by atoms with Gasteiger partial charge in [-0.25, -0.2) is 4.98 Å². The highest BCUT2D eigenvalue weighted by molar-refractivity contribution is 5.76. The van der Waals surface area contributed by atoms with Gasteiger partial charge in [0.15, 0.2) is 0 Å². The van der Waals surface area contributed by atoms with Gasteiger partial charge in [-0.3, -0.25) is 0 Å². The lowest BCUT2D eigenvalue weighted by molar-refractivity contribution is 0.142. The van der Waals surface area contributed by atoms with Crippen LogP contribution in [0.2, 0.25) is 0 Å². The quantitative estimate of drug-likeness (QED) is 0.789. The molecule has 0 spiro atoms. The average Bonchev–Trinajstić information content (AvgIpc) is 2.55. The number of aryl methyl sites for hydroxylation is 1. The summed E-state index contributed by atoms with van der Waals surface area (Å²) >= 11 is 0. The molecular weight excluding hydrogens is 190 g/mol. The van der Waals surface area contributed by atoms with Gasteiger partial charge in [-0.1, -0.05) is 0 Å². The van der Waals surface area contributed by atoms with Gasteiger partial charge in [0.05, 0.1) is 17.4 Å². The number of hydrogen-bond acceptors (Lipinski definition) is 3. The highest BCUT2D eigenvalue weighted by Crippen LogP contribution is 2.20. The minimum Gasteiger partial charge on any atom is -0.488 e. The maximum Gasteiger partial charge on any atom is 0.123 e. The van der Waals surface area contributed by atoms with Crippen LogP contribution in [0.4, 0.5) is 0 Å². The van der Waals surface area contributed by atoms with Gasteiger partial charge in [0.1, 0.15) is 11.9 Å². The van der Waals surface area contributed by atoms with E-state index < -0.39 is 0 Å². The number of nitrogens with zero attached hydrogens (tertiary/aromatic N) is 2. The van der Waals surface area contributed by atoms with E-state index in [1.165, 1.54) is 0 Å². The van der Waals surface area contributed by atoms with Crippen molar-refractivity contribution in [2.75, 3.05) is 13.1 Å². The van der Waals surface area contributed by atoms with Crippen molar-refractivity contribution in [3.05, 3.63) is 24.5 Å². The van der Waals surface area contributed by atoms with E-state index in [0.717, 1.165) is 29.9 Å². The average molecular weight is 203 g/mol. The fourth-order valence-corrected chi connectivity index (χ4v) is 1.72. The molecular formula is C11H13N3O. The van der Waals surface area contributed by atoms with Crippen LogP contribution in [0.3, 0.4) is 0 Å². The molecule has 4 nitrogen and oxygen atoms in total. The van der Waals surface area contributed by atoms with Gasteiger partial charge in [-0.05, 0) is 12.1 Å². The molecule has 1 aromatic heterocycles. The van der Waals surface area contributed by atoms with Gasteiger partial charge in [-0.2, -0.15) is 0 Å². The lowest BCUT2D eigenvalue weighted by Gasteiger charge is -2.27. The van der Waals surface area contributed by atoms with Crippen molar-refractivity contribution >= 4 is 11.0 Å². The number of rotatable bonds is 2. The lowest BCUT2D eigenvalue weighted by atomic mass is 10.2. The molecule has 0 bridgehead atoms. The third-order valence-corrected chi connectivity index (χ3v) is 2.74. The molecule has 2 heterocycles. The number of ether oxygens (including phenoxy) is 1. The zero-order valence-corrected chi connectivity index (χ0v) is 8.60. The second kappa shape index (κ2) is 3.24. The number of benzene rings is 1. The summed E-state index contributed by atoms with van der Waals surface area (Å²) in [5.74, 6) is 0.928. The number of nitrogens with one attached hydrogen (secondary N) is 1. The van der Waals surface area contributed by atoms with Crippen molar-refractivity contribution in [2.45, 2.75) is 6.10 Å². The molecule has 1 aliphatic heterocycles. The third-order valence-electron chi connectivity index (χ3n) is 2.74. The molecule has 0 radical (unpaired) electrons. The maximum absolute atomic E-state index is 5.78. The first-order valence-corrected chi connectivity index (χ1v) is 5.11. The van der Waals surface area contributed by atoms with Crippen molar-refractivity contribution in [1.82, 2.24) is 14.9 Å². The van der Waals surface area contributed by atoms with Crippen molar-refractivity contribution in [1.29, 1.82) is 0 Å². The van der Waals surface area contributed by atoms with Gasteiger partial charge in [-0.15, -0.1) is 0 Å². The molecule has 4 heteroatoms. The molecule has 1 saturated heterocycles. The SMILES string of the molecule is Cn1cnc2ccc(OC3CNC3)cc21. The largest absolute Gasteiger partial charge is 0.488 e. The molecule has 2 aromatic rings. The first kappa shape index (κ1) is 8.73. The summed E-state index contributed by atoms with van der Waals surface area (Å²) < 4.78 is 7.78. The minimum absolute atomic E-state index is 0.329. The normalized spacial score (nSPS) is 16.6. The molecule has 1 N–H and O–H groups in total. The van der Waals surface area contributed by atoms with Crippen LogP contribution in [0.15, 0.2) is 24.5 Å². The molecule has 3 rings (SSSR count). The predicted octanol–water partition coefficient (Wildman–Crippen LogP) is 0.924. The highest BCUT2D eigenvalue weighted by atomic mass is 16.5. The summed E-state index contributed by atoms with van der Waals surface area (Å²) in [7, 11) is 1.99. The Bertz CT molecular complexity index is 488. The summed E-state index contributed by atoms with van der Waals surface area (Å²) in [5.41, 5.74) is 2.12. The van der Waals surface area contributed by atoms with Crippen LogP contribution >= 0.6 is 0 Å². The van der Waals surface area contributed by atoms with Gasteiger partial charge < -0.3 is 14.6 Å². The minimum atomic E-state index is 0.329. The molecule has 1 aliphatic rings. The van der Waals surface area contributed by atoms with Gasteiger partial charge in [0.2, 0.25) is 0 Å². The van der Waals surface area contributed by atoms with E-state index in [0.29, 0.717) is 6.10 Å². The molecule has 1 fully saturated rings. The Hall–Kier alpha value is -1.55. The molecule has 78 valence electrons. The summed E-state index contributed by atoms with van der Waals surface area (Å²) in [6.07, 6.45) is 2.15. The van der Waals surface area contributed by atoms with E-state index in [4.69, 9.17) is 4.74 Å². The predicted molar refractivity (Wildman–Crippen MR) is 58.0 cm³/mol. The lowest BCUT2D eigenvalue weighted by Crippen LogP contribution is -2.50. The topological polar surface area (TPSA) is 39.1 Å². The van der Waals surface area contributed by atoms with Crippen LogP contribution in [0.25, 0.3) is 11.0 Å². The van der Waals surface area contributed by atoms with Crippen molar-refractivity contribution in [3.8, 4) is 5.75 Å². The fraction of sp³-hybridized carbons (Fsp3) is 0.364. The number of imidazole rings is 1. The standard InChI is InChI=1S/C11H13N3O/c1-14-7-13-10-3-2-8(4-11(10)14)15-9-5-12-6-9/h2-4,7,9,12H,5-6H2,1H3. The Balaban J connectivity index is 1.93. The van der Waals surface area contributed by atoms with Crippen LogP contribution in [0.1, 0.15) is 0 Å². The zero-order chi connectivity index (χ0) is 10.3. The molecule has 15 heavy (non-hydrogen) atoms. The first-order valence-electron chi connectivity index (χ1n) is 5.11. The van der Waals surface area contributed by atoms with E-state index in [-0.39, 0.29) is 0 Å². The third kappa shape index (κ3) is 1.47. The van der Waals surface area contributed by atoms with Crippen molar-refractivity contribution in [2.24, 2.45) is 7.05 Å². The Morgan fingerprint density at radius 1 is 1.47 bits per heavy atom.